The van der Waals surface area contributed by atoms with E-state index in [1.807, 2.05) is 0 Å². The molecule has 2 heterocycles. The Morgan fingerprint density at radius 2 is 2.29 bits per heavy atom. The SMILES string of the molecule is Cc1cnc(CC2(C(=O)O)CCOC2C)c(C)c1[N+](=O)[O-]. The maximum Gasteiger partial charge on any atom is 0.312 e. The number of hydrogen-bond donors (Lipinski definition) is 1. The number of aliphatic carboxylic acids is 1. The summed E-state index contributed by atoms with van der Waals surface area (Å²) in [5.41, 5.74) is 0.293. The molecule has 1 fully saturated rings. The van der Waals surface area contributed by atoms with Crippen LogP contribution in [0.4, 0.5) is 5.69 Å². The topological polar surface area (TPSA) is 103 Å². The Balaban J connectivity index is 2.46. The summed E-state index contributed by atoms with van der Waals surface area (Å²) in [4.78, 5) is 26.6. The third kappa shape index (κ3) is 2.49. The van der Waals surface area contributed by atoms with E-state index in [1.165, 1.54) is 6.20 Å². The highest BCUT2D eigenvalue weighted by atomic mass is 16.6. The monoisotopic (exact) mass is 294 g/mol. The lowest BCUT2D eigenvalue weighted by molar-refractivity contribution is -0.386. The number of carboxylic acid groups (broad SMARTS) is 1. The van der Waals surface area contributed by atoms with Gasteiger partial charge in [0.1, 0.15) is 5.41 Å². The van der Waals surface area contributed by atoms with Gasteiger partial charge in [-0.05, 0) is 27.2 Å². The van der Waals surface area contributed by atoms with Gasteiger partial charge in [0, 0.05) is 30.4 Å². The summed E-state index contributed by atoms with van der Waals surface area (Å²) in [6.07, 6.45) is 1.50. The second-order valence-electron chi connectivity index (χ2n) is 5.52. The van der Waals surface area contributed by atoms with Crippen LogP contribution in [0.5, 0.6) is 0 Å². The van der Waals surface area contributed by atoms with E-state index >= 15 is 0 Å². The average Bonchev–Trinajstić information content (AvgIpc) is 2.75. The lowest BCUT2D eigenvalue weighted by Gasteiger charge is -2.27. The van der Waals surface area contributed by atoms with Crippen LogP contribution in [0.2, 0.25) is 0 Å². The Morgan fingerprint density at radius 1 is 1.62 bits per heavy atom. The molecule has 0 amide bonds. The van der Waals surface area contributed by atoms with E-state index in [0.717, 1.165) is 0 Å². The molecule has 1 aliphatic rings. The van der Waals surface area contributed by atoms with Crippen LogP contribution in [-0.2, 0) is 16.0 Å². The maximum atomic E-state index is 11.7. The summed E-state index contributed by atoms with van der Waals surface area (Å²) in [6, 6.07) is 0. The zero-order chi connectivity index (χ0) is 15.8. The highest BCUT2D eigenvalue weighted by Crippen LogP contribution is 2.39. The molecule has 0 spiro atoms. The van der Waals surface area contributed by atoms with Crippen LogP contribution < -0.4 is 0 Å². The van der Waals surface area contributed by atoms with Gasteiger partial charge in [0.2, 0.25) is 0 Å². The van der Waals surface area contributed by atoms with Gasteiger partial charge in [-0.25, -0.2) is 0 Å². The van der Waals surface area contributed by atoms with Crippen LogP contribution in [-0.4, -0.2) is 33.7 Å². The molecule has 0 saturated carbocycles. The zero-order valence-electron chi connectivity index (χ0n) is 12.3. The van der Waals surface area contributed by atoms with Gasteiger partial charge in [0.05, 0.1) is 16.7 Å². The van der Waals surface area contributed by atoms with Crippen molar-refractivity contribution in [1.82, 2.24) is 4.98 Å². The summed E-state index contributed by atoms with van der Waals surface area (Å²) in [7, 11) is 0. The van der Waals surface area contributed by atoms with Crippen molar-refractivity contribution in [1.29, 1.82) is 0 Å². The first-order chi connectivity index (χ1) is 9.79. The molecule has 7 nitrogen and oxygen atoms in total. The number of nitrogens with zero attached hydrogens (tertiary/aromatic N) is 2. The van der Waals surface area contributed by atoms with Crippen LogP contribution in [0.3, 0.4) is 0 Å². The van der Waals surface area contributed by atoms with Crippen molar-refractivity contribution in [3.05, 3.63) is 33.1 Å². The molecule has 21 heavy (non-hydrogen) atoms. The fourth-order valence-corrected chi connectivity index (χ4v) is 2.89. The molecule has 2 unspecified atom stereocenters. The smallest absolute Gasteiger partial charge is 0.312 e. The van der Waals surface area contributed by atoms with Crippen LogP contribution in [0.15, 0.2) is 6.20 Å². The van der Waals surface area contributed by atoms with Crippen LogP contribution in [0.1, 0.15) is 30.2 Å². The molecular weight excluding hydrogens is 276 g/mol. The zero-order valence-corrected chi connectivity index (χ0v) is 12.3. The molecular formula is C14H18N2O5. The first-order valence-electron chi connectivity index (χ1n) is 6.74. The quantitative estimate of drug-likeness (QED) is 0.673. The van der Waals surface area contributed by atoms with Crippen LogP contribution >= 0.6 is 0 Å². The van der Waals surface area contributed by atoms with Gasteiger partial charge in [-0.3, -0.25) is 19.9 Å². The fraction of sp³-hybridized carbons (Fsp3) is 0.571. The molecule has 2 rings (SSSR count). The molecule has 1 saturated heterocycles. The third-order valence-corrected chi connectivity index (χ3v) is 4.36. The molecule has 0 radical (unpaired) electrons. The molecule has 1 aromatic heterocycles. The minimum absolute atomic E-state index is 0.00658. The predicted molar refractivity (Wildman–Crippen MR) is 74.2 cm³/mol. The summed E-state index contributed by atoms with van der Waals surface area (Å²) in [5, 5.41) is 20.7. The van der Waals surface area contributed by atoms with E-state index in [2.05, 4.69) is 4.98 Å². The van der Waals surface area contributed by atoms with E-state index in [1.54, 1.807) is 20.8 Å². The Morgan fingerprint density at radius 3 is 2.76 bits per heavy atom. The lowest BCUT2D eigenvalue weighted by atomic mass is 9.76. The summed E-state index contributed by atoms with van der Waals surface area (Å²) in [6.45, 7) is 5.33. The van der Waals surface area contributed by atoms with Gasteiger partial charge in [0.25, 0.3) is 5.69 Å². The number of pyridine rings is 1. The van der Waals surface area contributed by atoms with E-state index in [9.17, 15) is 20.0 Å². The number of nitro groups is 1. The first kappa shape index (κ1) is 15.4. The molecule has 2 atom stereocenters. The molecule has 0 bridgehead atoms. The Labute approximate surface area is 122 Å². The van der Waals surface area contributed by atoms with Gasteiger partial charge < -0.3 is 9.84 Å². The van der Waals surface area contributed by atoms with E-state index in [4.69, 9.17) is 4.74 Å². The number of aryl methyl sites for hydroxylation is 1. The standard InChI is InChI=1S/C14H18N2O5/c1-8-7-15-11(9(2)12(8)16(19)20)6-14(13(17)18)4-5-21-10(14)3/h7,10H,4-6H2,1-3H3,(H,17,18). The van der Waals surface area contributed by atoms with Crippen molar-refractivity contribution in [2.24, 2.45) is 5.41 Å². The molecule has 1 aliphatic heterocycles. The third-order valence-electron chi connectivity index (χ3n) is 4.36. The molecule has 0 aliphatic carbocycles. The van der Waals surface area contributed by atoms with Crippen molar-refractivity contribution in [2.75, 3.05) is 6.61 Å². The summed E-state index contributed by atoms with van der Waals surface area (Å²) < 4.78 is 5.40. The normalized spacial score (nSPS) is 25.0. The van der Waals surface area contributed by atoms with E-state index < -0.39 is 22.4 Å². The number of hydrogen-bond acceptors (Lipinski definition) is 5. The molecule has 1 N–H and O–H groups in total. The van der Waals surface area contributed by atoms with Crippen molar-refractivity contribution in [2.45, 2.75) is 39.7 Å². The van der Waals surface area contributed by atoms with Gasteiger partial charge in [-0.2, -0.15) is 0 Å². The number of aromatic nitrogens is 1. The summed E-state index contributed by atoms with van der Waals surface area (Å²) in [5.74, 6) is -0.947. The molecule has 0 aromatic carbocycles. The van der Waals surface area contributed by atoms with Gasteiger partial charge >= 0.3 is 5.97 Å². The highest BCUT2D eigenvalue weighted by Gasteiger charge is 2.49. The van der Waals surface area contributed by atoms with Crippen molar-refractivity contribution in [3.63, 3.8) is 0 Å². The predicted octanol–water partition coefficient (Wildman–Crippen LogP) is 2.03. The Kier molecular flexibility index (Phi) is 3.95. The lowest BCUT2D eigenvalue weighted by Crippen LogP contribution is -2.40. The minimum Gasteiger partial charge on any atom is -0.481 e. The minimum atomic E-state index is -1.07. The maximum absolute atomic E-state index is 11.7. The largest absolute Gasteiger partial charge is 0.481 e. The fourth-order valence-electron chi connectivity index (χ4n) is 2.89. The highest BCUT2D eigenvalue weighted by molar-refractivity contribution is 5.76. The Bertz CT molecular complexity index is 601. The van der Waals surface area contributed by atoms with Gasteiger partial charge in [-0.15, -0.1) is 0 Å². The number of carbonyl (C=O) groups is 1. The number of carboxylic acids is 1. The molecule has 114 valence electrons. The summed E-state index contributed by atoms with van der Waals surface area (Å²) >= 11 is 0. The van der Waals surface area contributed by atoms with Crippen molar-refractivity contribution >= 4 is 11.7 Å². The first-order valence-corrected chi connectivity index (χ1v) is 6.74. The van der Waals surface area contributed by atoms with Crippen molar-refractivity contribution in [3.8, 4) is 0 Å². The van der Waals surface area contributed by atoms with Crippen molar-refractivity contribution < 1.29 is 19.6 Å². The average molecular weight is 294 g/mol. The second-order valence-corrected chi connectivity index (χ2v) is 5.52. The number of rotatable bonds is 4. The van der Waals surface area contributed by atoms with E-state index in [0.29, 0.717) is 29.8 Å². The Hall–Kier alpha value is -2.02. The molecule has 1 aromatic rings. The second kappa shape index (κ2) is 5.40. The molecule has 7 heteroatoms. The van der Waals surface area contributed by atoms with Crippen LogP contribution in [0.25, 0.3) is 0 Å². The number of ether oxygens (including phenoxy) is 1. The van der Waals surface area contributed by atoms with Crippen LogP contribution in [0, 0.1) is 29.4 Å². The van der Waals surface area contributed by atoms with Gasteiger partial charge in [0.15, 0.2) is 0 Å². The van der Waals surface area contributed by atoms with E-state index in [-0.39, 0.29) is 12.1 Å². The van der Waals surface area contributed by atoms with Gasteiger partial charge in [-0.1, -0.05) is 0 Å².